The van der Waals surface area contributed by atoms with Crippen LogP contribution in [0.15, 0.2) is 35.4 Å². The Bertz CT molecular complexity index is 800. The fourth-order valence-corrected chi connectivity index (χ4v) is 2.46. The van der Waals surface area contributed by atoms with Crippen molar-refractivity contribution in [1.29, 1.82) is 0 Å². The lowest BCUT2D eigenvalue weighted by Gasteiger charge is -2.08. The van der Waals surface area contributed by atoms with E-state index >= 15 is 0 Å². The molecule has 0 fully saturated rings. The Morgan fingerprint density at radius 3 is 3.04 bits per heavy atom. The first kappa shape index (κ1) is 15.1. The fourth-order valence-electron chi connectivity index (χ4n) is 2.46. The summed E-state index contributed by atoms with van der Waals surface area (Å²) in [5.41, 5.74) is 1.92. The summed E-state index contributed by atoms with van der Waals surface area (Å²) < 4.78 is 6.98. The molecule has 2 amide bonds. The molecule has 1 aromatic carbocycles. The van der Waals surface area contributed by atoms with Gasteiger partial charge in [0.2, 0.25) is 0 Å². The summed E-state index contributed by atoms with van der Waals surface area (Å²) in [5.74, 6) is 1.14. The zero-order valence-corrected chi connectivity index (χ0v) is 13.0. The molecule has 0 radical (unpaired) electrons. The van der Waals surface area contributed by atoms with Gasteiger partial charge in [-0.3, -0.25) is 10.1 Å². The van der Waals surface area contributed by atoms with Crippen LogP contribution in [0.3, 0.4) is 0 Å². The maximum absolute atomic E-state index is 11.9. The van der Waals surface area contributed by atoms with Crippen molar-refractivity contribution in [2.45, 2.75) is 26.0 Å². The number of hydrogen-bond donors (Lipinski definition) is 2. The molecule has 2 aromatic rings. The van der Waals surface area contributed by atoms with Crippen molar-refractivity contribution in [3.8, 4) is 5.75 Å². The third kappa shape index (κ3) is 3.50. The van der Waals surface area contributed by atoms with Crippen molar-refractivity contribution in [2.24, 2.45) is 7.05 Å². The molecule has 0 spiro atoms. The Kier molecular flexibility index (Phi) is 4.01. The summed E-state index contributed by atoms with van der Waals surface area (Å²) >= 11 is 0. The first-order valence-electron chi connectivity index (χ1n) is 7.37. The lowest BCUT2D eigenvalue weighted by atomic mass is 10.1. The number of carbonyl (C=O) groups excluding carboxylic acids is 1. The van der Waals surface area contributed by atoms with Gasteiger partial charge in [0.05, 0.1) is 6.33 Å². The Balaban J connectivity index is 1.58. The number of amides is 2. The van der Waals surface area contributed by atoms with Gasteiger partial charge in [0.15, 0.2) is 0 Å². The Labute approximate surface area is 133 Å². The highest BCUT2D eigenvalue weighted by molar-refractivity contribution is 5.88. The quantitative estimate of drug-likeness (QED) is 0.897. The summed E-state index contributed by atoms with van der Waals surface area (Å²) in [5, 5.41) is 5.28. The monoisotopic (exact) mass is 314 g/mol. The summed E-state index contributed by atoms with van der Waals surface area (Å²) in [7, 11) is 1.59. The van der Waals surface area contributed by atoms with Crippen LogP contribution < -0.4 is 20.9 Å². The summed E-state index contributed by atoms with van der Waals surface area (Å²) in [6.45, 7) is 2.42. The average Bonchev–Trinajstić information content (AvgIpc) is 2.88. The summed E-state index contributed by atoms with van der Waals surface area (Å²) in [4.78, 5) is 27.3. The van der Waals surface area contributed by atoms with Gasteiger partial charge in [0.1, 0.15) is 17.7 Å². The molecule has 23 heavy (non-hydrogen) atoms. The van der Waals surface area contributed by atoms with Gasteiger partial charge >= 0.3 is 6.03 Å². The zero-order valence-electron chi connectivity index (χ0n) is 13.0. The number of fused-ring (bicyclic) bond motifs is 1. The highest BCUT2D eigenvalue weighted by Crippen LogP contribution is 2.29. The van der Waals surface area contributed by atoms with Crippen LogP contribution in [0.5, 0.6) is 5.75 Å². The summed E-state index contributed by atoms with van der Waals surface area (Å²) in [6.07, 6.45) is 2.44. The first-order valence-corrected chi connectivity index (χ1v) is 7.37. The molecule has 120 valence electrons. The second-order valence-corrected chi connectivity index (χ2v) is 5.61. The van der Waals surface area contributed by atoms with Crippen molar-refractivity contribution >= 4 is 11.8 Å². The maximum Gasteiger partial charge on any atom is 0.320 e. The normalized spacial score (nSPS) is 15.7. The number of nitrogens with one attached hydrogen (secondary N) is 2. The number of aryl methyl sites for hydroxylation is 1. The van der Waals surface area contributed by atoms with Crippen LogP contribution in [0.2, 0.25) is 0 Å². The van der Waals surface area contributed by atoms with Crippen LogP contribution in [0.25, 0.3) is 0 Å². The van der Waals surface area contributed by atoms with E-state index in [1.165, 1.54) is 17.0 Å². The van der Waals surface area contributed by atoms with E-state index in [0.717, 1.165) is 23.3 Å². The van der Waals surface area contributed by atoms with Crippen molar-refractivity contribution in [3.63, 3.8) is 0 Å². The van der Waals surface area contributed by atoms with Gasteiger partial charge in [-0.05, 0) is 24.1 Å². The smallest absolute Gasteiger partial charge is 0.320 e. The van der Waals surface area contributed by atoms with Crippen LogP contribution in [-0.2, 0) is 20.0 Å². The Hall–Kier alpha value is -2.83. The number of aromatic nitrogens is 2. The number of urea groups is 1. The molecule has 1 unspecified atom stereocenters. The molecular weight excluding hydrogens is 296 g/mol. The van der Waals surface area contributed by atoms with Crippen LogP contribution >= 0.6 is 0 Å². The van der Waals surface area contributed by atoms with E-state index in [9.17, 15) is 9.59 Å². The lowest BCUT2D eigenvalue weighted by Crippen LogP contribution is -2.29. The van der Waals surface area contributed by atoms with Gasteiger partial charge in [-0.15, -0.1) is 0 Å². The third-order valence-corrected chi connectivity index (χ3v) is 3.63. The van der Waals surface area contributed by atoms with Gasteiger partial charge in [0.25, 0.3) is 5.56 Å². The number of nitrogens with zero attached hydrogens (tertiary/aromatic N) is 2. The minimum Gasteiger partial charge on any atom is -0.490 e. The number of carbonyl (C=O) groups is 1. The topological polar surface area (TPSA) is 85.3 Å². The molecular formula is C16H18N4O3. The predicted molar refractivity (Wildman–Crippen MR) is 85.6 cm³/mol. The van der Waals surface area contributed by atoms with Crippen LogP contribution in [-0.4, -0.2) is 21.7 Å². The van der Waals surface area contributed by atoms with Crippen molar-refractivity contribution in [1.82, 2.24) is 14.9 Å². The molecule has 0 aliphatic carbocycles. The van der Waals surface area contributed by atoms with Crippen LogP contribution in [0.4, 0.5) is 10.6 Å². The number of benzene rings is 1. The molecule has 2 heterocycles. The second kappa shape index (κ2) is 6.12. The predicted octanol–water partition coefficient (Wildman–Crippen LogP) is 1.43. The van der Waals surface area contributed by atoms with E-state index < -0.39 is 6.03 Å². The third-order valence-electron chi connectivity index (χ3n) is 3.63. The number of rotatable bonds is 3. The van der Waals surface area contributed by atoms with Crippen molar-refractivity contribution in [3.05, 3.63) is 52.1 Å². The van der Waals surface area contributed by atoms with E-state index in [1.54, 1.807) is 7.05 Å². The molecule has 3 rings (SSSR count). The molecule has 0 bridgehead atoms. The standard InChI is InChI=1S/C16H18N4O3/c1-10-5-12-6-11(3-4-13(12)23-10)8-17-16(22)19-14-7-15(21)20(2)9-18-14/h3-4,6-7,9-10H,5,8H2,1-2H3,(H2,17,19,22). The minimum atomic E-state index is -0.407. The SMILES string of the molecule is CC1Cc2cc(CNC(=O)Nc3cc(=O)n(C)cn3)ccc2O1. The summed E-state index contributed by atoms with van der Waals surface area (Å²) in [6, 6.07) is 6.75. The van der Waals surface area contributed by atoms with Gasteiger partial charge in [0, 0.05) is 26.1 Å². The van der Waals surface area contributed by atoms with Gasteiger partial charge in [-0.1, -0.05) is 12.1 Å². The molecule has 1 aliphatic heterocycles. The number of anilines is 1. The first-order chi connectivity index (χ1) is 11.0. The van der Waals surface area contributed by atoms with E-state index in [4.69, 9.17) is 4.74 Å². The number of ether oxygens (including phenoxy) is 1. The fraction of sp³-hybridized carbons (Fsp3) is 0.312. The highest BCUT2D eigenvalue weighted by Gasteiger charge is 2.18. The molecule has 7 nitrogen and oxygen atoms in total. The van der Waals surface area contributed by atoms with Gasteiger partial charge in [-0.25, -0.2) is 9.78 Å². The number of hydrogen-bond acceptors (Lipinski definition) is 4. The molecule has 1 atom stereocenters. The Morgan fingerprint density at radius 2 is 2.26 bits per heavy atom. The van der Waals surface area contributed by atoms with Gasteiger partial charge in [-0.2, -0.15) is 0 Å². The van der Waals surface area contributed by atoms with Crippen LogP contribution in [0.1, 0.15) is 18.1 Å². The molecule has 1 aromatic heterocycles. The van der Waals surface area contributed by atoms with E-state index in [1.807, 2.05) is 25.1 Å². The molecule has 1 aliphatic rings. The van der Waals surface area contributed by atoms with Crippen molar-refractivity contribution in [2.75, 3.05) is 5.32 Å². The van der Waals surface area contributed by atoms with Crippen LogP contribution in [0, 0.1) is 0 Å². The van der Waals surface area contributed by atoms with E-state index in [0.29, 0.717) is 6.54 Å². The zero-order chi connectivity index (χ0) is 16.4. The van der Waals surface area contributed by atoms with E-state index in [2.05, 4.69) is 15.6 Å². The molecule has 2 N–H and O–H groups in total. The average molecular weight is 314 g/mol. The minimum absolute atomic E-state index is 0.197. The highest BCUT2D eigenvalue weighted by atomic mass is 16.5. The molecule has 0 saturated carbocycles. The Morgan fingerprint density at radius 1 is 1.43 bits per heavy atom. The second-order valence-electron chi connectivity index (χ2n) is 5.61. The lowest BCUT2D eigenvalue weighted by molar-refractivity contribution is 0.251. The molecule has 0 saturated heterocycles. The van der Waals surface area contributed by atoms with E-state index in [-0.39, 0.29) is 17.5 Å². The maximum atomic E-state index is 11.9. The molecule has 7 heteroatoms. The van der Waals surface area contributed by atoms with Gasteiger partial charge < -0.3 is 14.6 Å². The van der Waals surface area contributed by atoms with Crippen molar-refractivity contribution < 1.29 is 9.53 Å². The largest absolute Gasteiger partial charge is 0.490 e.